The molecule has 3 heterocycles. The highest BCUT2D eigenvalue weighted by Crippen LogP contribution is 2.37. The molecule has 0 saturated carbocycles. The second-order valence-corrected chi connectivity index (χ2v) is 8.14. The van der Waals surface area contributed by atoms with Crippen LogP contribution in [0.3, 0.4) is 0 Å². The molecule has 1 aliphatic rings. The number of rotatable bonds is 3. The van der Waals surface area contributed by atoms with Crippen molar-refractivity contribution in [3.8, 4) is 16.9 Å². The summed E-state index contributed by atoms with van der Waals surface area (Å²) in [5.41, 5.74) is 2.07. The van der Waals surface area contributed by atoms with Crippen LogP contribution in [0.15, 0.2) is 35.4 Å². The lowest BCUT2D eigenvalue weighted by Gasteiger charge is -2.29. The van der Waals surface area contributed by atoms with Crippen LogP contribution in [-0.2, 0) is 0 Å². The first-order chi connectivity index (χ1) is 12.6. The molecule has 0 atom stereocenters. The molecule has 1 saturated heterocycles. The summed E-state index contributed by atoms with van der Waals surface area (Å²) in [6.07, 6.45) is 3.72. The van der Waals surface area contributed by atoms with Gasteiger partial charge in [0.05, 0.1) is 18.8 Å². The van der Waals surface area contributed by atoms with Gasteiger partial charge in [-0.25, -0.2) is 4.98 Å². The van der Waals surface area contributed by atoms with E-state index in [1.54, 1.807) is 24.8 Å². The fourth-order valence-electron chi connectivity index (χ4n) is 3.77. The van der Waals surface area contributed by atoms with Crippen molar-refractivity contribution in [3.63, 3.8) is 0 Å². The van der Waals surface area contributed by atoms with Crippen molar-refractivity contribution in [2.45, 2.75) is 25.8 Å². The van der Waals surface area contributed by atoms with Gasteiger partial charge in [-0.3, -0.25) is 9.36 Å². The molecule has 0 unspecified atom stereocenters. The van der Waals surface area contributed by atoms with Gasteiger partial charge in [-0.2, -0.15) is 0 Å². The number of aromatic nitrogens is 2. The molecule has 0 bridgehead atoms. The SMILES string of the molecule is COc1cccc(-c2c(C)sc3ncn(C4CCN(C)CC4)c(=O)c23)c1. The number of fused-ring (bicyclic) bond motifs is 1. The Kier molecular flexibility index (Phi) is 4.54. The van der Waals surface area contributed by atoms with E-state index >= 15 is 0 Å². The van der Waals surface area contributed by atoms with E-state index in [4.69, 9.17) is 4.74 Å². The van der Waals surface area contributed by atoms with Gasteiger partial charge in [0.1, 0.15) is 10.6 Å². The zero-order valence-corrected chi connectivity index (χ0v) is 16.2. The standard InChI is InChI=1S/C20H23N3O2S/c1-13-17(14-5-4-6-16(11-14)25-3)18-19(26-13)21-12-23(20(18)24)15-7-9-22(2)10-8-15/h4-6,11-12,15H,7-10H2,1-3H3. The van der Waals surface area contributed by atoms with Crippen LogP contribution in [0, 0.1) is 6.92 Å². The van der Waals surface area contributed by atoms with E-state index in [1.165, 1.54) is 0 Å². The molecule has 1 aromatic carbocycles. The third kappa shape index (κ3) is 2.93. The maximum Gasteiger partial charge on any atom is 0.262 e. The topological polar surface area (TPSA) is 47.4 Å². The lowest BCUT2D eigenvalue weighted by atomic mass is 10.0. The number of piperidine rings is 1. The van der Waals surface area contributed by atoms with Crippen molar-refractivity contribution in [2.24, 2.45) is 0 Å². The van der Waals surface area contributed by atoms with Crippen molar-refractivity contribution in [1.29, 1.82) is 0 Å². The summed E-state index contributed by atoms with van der Waals surface area (Å²) in [5, 5.41) is 0.738. The van der Waals surface area contributed by atoms with Crippen LogP contribution >= 0.6 is 11.3 Å². The third-order valence-corrected chi connectivity index (χ3v) is 6.27. The van der Waals surface area contributed by atoms with Crippen LogP contribution in [-0.4, -0.2) is 41.7 Å². The highest BCUT2D eigenvalue weighted by atomic mass is 32.1. The maximum atomic E-state index is 13.4. The number of aryl methyl sites for hydroxylation is 1. The average molecular weight is 369 g/mol. The first-order valence-corrected chi connectivity index (χ1v) is 9.73. The second-order valence-electron chi connectivity index (χ2n) is 6.94. The normalized spacial score (nSPS) is 16.3. The Morgan fingerprint density at radius 3 is 2.77 bits per heavy atom. The number of hydrogen-bond donors (Lipinski definition) is 0. The van der Waals surface area contributed by atoms with Crippen molar-refractivity contribution >= 4 is 21.6 Å². The summed E-state index contributed by atoms with van der Waals surface area (Å²) >= 11 is 1.58. The highest BCUT2D eigenvalue weighted by molar-refractivity contribution is 7.19. The fraction of sp³-hybridized carbons (Fsp3) is 0.400. The van der Waals surface area contributed by atoms with Crippen LogP contribution in [0.1, 0.15) is 23.8 Å². The van der Waals surface area contributed by atoms with Gasteiger partial charge in [-0.1, -0.05) is 12.1 Å². The van der Waals surface area contributed by atoms with E-state index in [0.717, 1.165) is 57.9 Å². The van der Waals surface area contributed by atoms with Gasteiger partial charge in [-0.15, -0.1) is 11.3 Å². The molecule has 0 radical (unpaired) electrons. The Morgan fingerprint density at radius 2 is 2.04 bits per heavy atom. The minimum absolute atomic E-state index is 0.0757. The average Bonchev–Trinajstić information content (AvgIpc) is 3.00. The molecule has 1 aliphatic heterocycles. The summed E-state index contributed by atoms with van der Waals surface area (Å²) in [6, 6.07) is 8.13. The molecule has 1 fully saturated rings. The number of likely N-dealkylation sites (tertiary alicyclic amines) is 1. The minimum atomic E-state index is 0.0757. The zero-order valence-electron chi connectivity index (χ0n) is 15.4. The molecular weight excluding hydrogens is 346 g/mol. The van der Waals surface area contributed by atoms with E-state index in [9.17, 15) is 4.79 Å². The van der Waals surface area contributed by atoms with Crippen molar-refractivity contribution in [3.05, 3.63) is 45.8 Å². The van der Waals surface area contributed by atoms with E-state index in [2.05, 4.69) is 23.9 Å². The summed E-state index contributed by atoms with van der Waals surface area (Å²) in [5.74, 6) is 0.792. The predicted octanol–water partition coefficient (Wildman–Crippen LogP) is 3.71. The Hall–Kier alpha value is -2.18. The molecule has 5 nitrogen and oxygen atoms in total. The van der Waals surface area contributed by atoms with Gasteiger partial charge in [0.2, 0.25) is 0 Å². The van der Waals surface area contributed by atoms with Crippen molar-refractivity contribution in [2.75, 3.05) is 27.2 Å². The van der Waals surface area contributed by atoms with Crippen LogP contribution in [0.25, 0.3) is 21.3 Å². The van der Waals surface area contributed by atoms with E-state index in [-0.39, 0.29) is 11.6 Å². The van der Waals surface area contributed by atoms with Crippen molar-refractivity contribution in [1.82, 2.24) is 14.5 Å². The minimum Gasteiger partial charge on any atom is -0.497 e. The largest absolute Gasteiger partial charge is 0.497 e. The Balaban J connectivity index is 1.87. The van der Waals surface area contributed by atoms with Gasteiger partial charge >= 0.3 is 0 Å². The van der Waals surface area contributed by atoms with Crippen LogP contribution < -0.4 is 10.3 Å². The summed E-state index contributed by atoms with van der Waals surface area (Å²) in [4.78, 5) is 22.2. The molecular formula is C20H23N3O2S. The molecule has 2 aromatic heterocycles. The fourth-order valence-corrected chi connectivity index (χ4v) is 4.78. The summed E-state index contributed by atoms with van der Waals surface area (Å²) < 4.78 is 7.22. The Labute approximate surface area is 156 Å². The number of benzene rings is 1. The Morgan fingerprint density at radius 1 is 1.27 bits per heavy atom. The number of ether oxygens (including phenoxy) is 1. The van der Waals surface area contributed by atoms with Gasteiger partial charge in [0.15, 0.2) is 0 Å². The smallest absolute Gasteiger partial charge is 0.262 e. The molecule has 4 rings (SSSR count). The van der Waals surface area contributed by atoms with Gasteiger partial charge in [0, 0.05) is 16.5 Å². The predicted molar refractivity (Wildman–Crippen MR) is 106 cm³/mol. The van der Waals surface area contributed by atoms with Gasteiger partial charge in [0.25, 0.3) is 5.56 Å². The lowest BCUT2D eigenvalue weighted by Crippen LogP contribution is -2.35. The van der Waals surface area contributed by atoms with E-state index in [0.29, 0.717) is 0 Å². The number of thiophene rings is 1. The van der Waals surface area contributed by atoms with Crippen LogP contribution in [0.4, 0.5) is 0 Å². The monoisotopic (exact) mass is 369 g/mol. The van der Waals surface area contributed by atoms with Gasteiger partial charge in [-0.05, 0) is 57.6 Å². The number of hydrogen-bond acceptors (Lipinski definition) is 5. The van der Waals surface area contributed by atoms with Crippen LogP contribution in [0.5, 0.6) is 5.75 Å². The summed E-state index contributed by atoms with van der Waals surface area (Å²) in [6.45, 7) is 4.08. The number of nitrogens with zero attached hydrogens (tertiary/aromatic N) is 3. The second kappa shape index (κ2) is 6.85. The van der Waals surface area contributed by atoms with Crippen molar-refractivity contribution < 1.29 is 4.74 Å². The number of methoxy groups -OCH3 is 1. The van der Waals surface area contributed by atoms with Gasteiger partial charge < -0.3 is 9.64 Å². The molecule has 136 valence electrons. The molecule has 0 aliphatic carbocycles. The third-order valence-electron chi connectivity index (χ3n) is 5.25. The first-order valence-electron chi connectivity index (χ1n) is 8.91. The molecule has 26 heavy (non-hydrogen) atoms. The Bertz CT molecular complexity index is 1000. The summed E-state index contributed by atoms with van der Waals surface area (Å²) in [7, 11) is 3.79. The molecule has 6 heteroatoms. The zero-order chi connectivity index (χ0) is 18.3. The van der Waals surface area contributed by atoms with Crippen LogP contribution in [0.2, 0.25) is 0 Å². The maximum absolute atomic E-state index is 13.4. The quantitative estimate of drug-likeness (QED) is 0.706. The molecule has 0 amide bonds. The highest BCUT2D eigenvalue weighted by Gasteiger charge is 2.23. The van der Waals surface area contributed by atoms with E-state index in [1.807, 2.05) is 28.8 Å². The first kappa shape index (κ1) is 17.2. The van der Waals surface area contributed by atoms with E-state index < -0.39 is 0 Å². The molecule has 0 spiro atoms. The molecule has 3 aromatic rings. The lowest BCUT2D eigenvalue weighted by molar-refractivity contribution is 0.218. The molecule has 0 N–H and O–H groups in total.